The normalized spacial score (nSPS) is 17.1. The Kier molecular flexibility index (Phi) is 8.15. The van der Waals surface area contributed by atoms with Gasteiger partial charge in [-0.1, -0.05) is 12.1 Å². The van der Waals surface area contributed by atoms with E-state index in [4.69, 9.17) is 4.74 Å². The number of nitrogens with zero attached hydrogens (tertiary/aromatic N) is 3. The molecule has 1 aliphatic rings. The first-order valence-electron chi connectivity index (χ1n) is 8.70. The Balaban J connectivity index is 0.00000243. The molecule has 0 bridgehead atoms. The first-order valence-corrected chi connectivity index (χ1v) is 9.52. The quantitative estimate of drug-likeness (QED) is 0.398. The number of ether oxygens (including phenoxy) is 1. The molecule has 0 spiro atoms. The lowest BCUT2D eigenvalue weighted by molar-refractivity contribution is 0.414. The van der Waals surface area contributed by atoms with Crippen LogP contribution in [0.25, 0.3) is 0 Å². The van der Waals surface area contributed by atoms with Gasteiger partial charge in [0.25, 0.3) is 0 Å². The summed E-state index contributed by atoms with van der Waals surface area (Å²) in [5, 5.41) is 4.66. The number of nitrogens with one attached hydrogen (secondary N) is 1. The molecule has 1 aromatic heterocycles. The minimum absolute atomic E-state index is 0. The summed E-state index contributed by atoms with van der Waals surface area (Å²) in [5.74, 6) is 2.45. The molecular formula is C19H27IN4OS. The van der Waals surface area contributed by atoms with Gasteiger partial charge in [-0.3, -0.25) is 4.99 Å². The zero-order valence-corrected chi connectivity index (χ0v) is 18.7. The third-order valence-corrected chi connectivity index (χ3v) is 5.55. The number of aryl methyl sites for hydroxylation is 1. The fourth-order valence-corrected chi connectivity index (χ4v) is 4.02. The van der Waals surface area contributed by atoms with E-state index >= 15 is 0 Å². The van der Waals surface area contributed by atoms with Crippen molar-refractivity contribution in [2.24, 2.45) is 4.99 Å². The van der Waals surface area contributed by atoms with E-state index in [0.717, 1.165) is 44.2 Å². The molecule has 0 radical (unpaired) electrons. The summed E-state index contributed by atoms with van der Waals surface area (Å²) in [6.07, 6.45) is 4.03. The Labute approximate surface area is 176 Å². The second-order valence-electron chi connectivity index (χ2n) is 6.29. The van der Waals surface area contributed by atoms with Crippen LogP contribution in [0.15, 0.2) is 35.5 Å². The van der Waals surface area contributed by atoms with Crippen LogP contribution < -0.4 is 10.1 Å². The second-order valence-corrected chi connectivity index (χ2v) is 7.61. The number of guanidine groups is 1. The molecule has 1 aliphatic heterocycles. The molecular weight excluding hydrogens is 459 g/mol. The van der Waals surface area contributed by atoms with Gasteiger partial charge in [0.15, 0.2) is 5.96 Å². The van der Waals surface area contributed by atoms with Gasteiger partial charge in [-0.2, -0.15) is 0 Å². The highest BCUT2D eigenvalue weighted by Crippen LogP contribution is 2.28. The summed E-state index contributed by atoms with van der Waals surface area (Å²) in [6, 6.07) is 8.43. The van der Waals surface area contributed by atoms with Crippen LogP contribution in [0.5, 0.6) is 5.75 Å². The average molecular weight is 486 g/mol. The summed E-state index contributed by atoms with van der Waals surface area (Å²) in [4.78, 5) is 12.5. The van der Waals surface area contributed by atoms with Crippen molar-refractivity contribution in [3.8, 4) is 5.75 Å². The van der Waals surface area contributed by atoms with E-state index in [1.54, 1.807) is 18.4 Å². The van der Waals surface area contributed by atoms with Gasteiger partial charge in [0.1, 0.15) is 5.75 Å². The van der Waals surface area contributed by atoms with Crippen LogP contribution in [-0.4, -0.2) is 49.6 Å². The molecule has 1 N–H and O–H groups in total. The molecule has 5 nitrogen and oxygen atoms in total. The van der Waals surface area contributed by atoms with E-state index in [9.17, 15) is 0 Å². The van der Waals surface area contributed by atoms with E-state index in [0.29, 0.717) is 5.92 Å². The van der Waals surface area contributed by atoms with Gasteiger partial charge in [0, 0.05) is 50.1 Å². The lowest BCUT2D eigenvalue weighted by atomic mass is 9.98. The number of aliphatic imine (C=N–C) groups is 1. The fraction of sp³-hybridized carbons (Fsp3) is 0.474. The van der Waals surface area contributed by atoms with Crippen molar-refractivity contribution in [1.29, 1.82) is 0 Å². The molecule has 1 aromatic carbocycles. The summed E-state index contributed by atoms with van der Waals surface area (Å²) in [5.41, 5.74) is 1.37. The number of likely N-dealkylation sites (tertiary alicyclic amines) is 1. The van der Waals surface area contributed by atoms with E-state index < -0.39 is 0 Å². The van der Waals surface area contributed by atoms with E-state index in [1.165, 1.54) is 15.4 Å². The first-order chi connectivity index (χ1) is 12.2. The van der Waals surface area contributed by atoms with Gasteiger partial charge in [-0.15, -0.1) is 35.3 Å². The molecule has 1 fully saturated rings. The molecule has 0 saturated carbocycles. The Morgan fingerprint density at radius 1 is 1.38 bits per heavy atom. The summed E-state index contributed by atoms with van der Waals surface area (Å²) < 4.78 is 5.25. The lowest BCUT2D eigenvalue weighted by Crippen LogP contribution is -2.40. The van der Waals surface area contributed by atoms with Crippen molar-refractivity contribution in [3.63, 3.8) is 0 Å². The van der Waals surface area contributed by atoms with E-state index in [-0.39, 0.29) is 24.0 Å². The Hall–Kier alpha value is -1.35. The lowest BCUT2D eigenvalue weighted by Gasteiger charge is -2.21. The Morgan fingerprint density at radius 2 is 2.15 bits per heavy atom. The van der Waals surface area contributed by atoms with Crippen LogP contribution in [0.3, 0.4) is 0 Å². The van der Waals surface area contributed by atoms with Gasteiger partial charge in [-0.05, 0) is 31.0 Å². The molecule has 142 valence electrons. The van der Waals surface area contributed by atoms with Crippen molar-refractivity contribution < 1.29 is 4.74 Å². The Bertz CT molecular complexity index is 717. The van der Waals surface area contributed by atoms with Crippen molar-refractivity contribution in [1.82, 2.24) is 15.2 Å². The van der Waals surface area contributed by atoms with Crippen LogP contribution in [0, 0.1) is 6.92 Å². The average Bonchev–Trinajstić information content (AvgIpc) is 3.28. The molecule has 2 heterocycles. The van der Waals surface area contributed by atoms with Gasteiger partial charge >= 0.3 is 0 Å². The smallest absolute Gasteiger partial charge is 0.193 e. The number of methoxy groups -OCH3 is 1. The monoisotopic (exact) mass is 486 g/mol. The maximum Gasteiger partial charge on any atom is 0.193 e. The largest absolute Gasteiger partial charge is 0.497 e. The van der Waals surface area contributed by atoms with Crippen molar-refractivity contribution >= 4 is 41.3 Å². The molecule has 1 atom stereocenters. The minimum atomic E-state index is 0. The summed E-state index contributed by atoms with van der Waals surface area (Å²) >= 11 is 1.77. The van der Waals surface area contributed by atoms with Crippen molar-refractivity contribution in [2.45, 2.75) is 25.7 Å². The van der Waals surface area contributed by atoms with E-state index in [2.05, 4.69) is 39.2 Å². The number of rotatable bonds is 5. The van der Waals surface area contributed by atoms with Crippen LogP contribution in [0.2, 0.25) is 0 Å². The maximum atomic E-state index is 5.25. The zero-order valence-electron chi connectivity index (χ0n) is 15.6. The molecule has 3 rings (SSSR count). The van der Waals surface area contributed by atoms with Crippen LogP contribution in [0.1, 0.15) is 27.8 Å². The summed E-state index contributed by atoms with van der Waals surface area (Å²) in [7, 11) is 3.56. The van der Waals surface area contributed by atoms with Crippen LogP contribution in [-0.2, 0) is 6.42 Å². The zero-order chi connectivity index (χ0) is 17.6. The number of thiazole rings is 1. The molecule has 2 aromatic rings. The molecule has 7 heteroatoms. The SMILES string of the molecule is CN=C(NCCc1ncc(C)s1)N1CCC(c2ccc(OC)cc2)C1.I. The van der Waals surface area contributed by atoms with Gasteiger partial charge < -0.3 is 15.0 Å². The van der Waals surface area contributed by atoms with Gasteiger partial charge in [0.2, 0.25) is 0 Å². The number of aromatic nitrogens is 1. The van der Waals surface area contributed by atoms with Crippen molar-refractivity contribution in [2.75, 3.05) is 33.8 Å². The standard InChI is InChI=1S/C19H26N4OS.HI/c1-14-12-22-18(25-14)8-10-21-19(20-2)23-11-9-16(13-23)15-4-6-17(24-3)7-5-15;/h4-7,12,16H,8-11,13H2,1-3H3,(H,20,21);1H. The highest BCUT2D eigenvalue weighted by atomic mass is 127. The predicted octanol–water partition coefficient (Wildman–Crippen LogP) is 3.69. The number of benzene rings is 1. The highest BCUT2D eigenvalue weighted by molar-refractivity contribution is 14.0. The number of hydrogen-bond acceptors (Lipinski definition) is 4. The third-order valence-electron chi connectivity index (χ3n) is 4.58. The second kappa shape index (κ2) is 10.1. The molecule has 0 amide bonds. The predicted molar refractivity (Wildman–Crippen MR) is 119 cm³/mol. The minimum Gasteiger partial charge on any atom is -0.497 e. The maximum absolute atomic E-state index is 5.25. The first kappa shape index (κ1) is 21.0. The Morgan fingerprint density at radius 3 is 2.77 bits per heavy atom. The van der Waals surface area contributed by atoms with Crippen LogP contribution in [0.4, 0.5) is 0 Å². The van der Waals surface area contributed by atoms with Crippen LogP contribution >= 0.6 is 35.3 Å². The number of halogens is 1. The molecule has 26 heavy (non-hydrogen) atoms. The number of hydrogen-bond donors (Lipinski definition) is 1. The molecule has 0 aliphatic carbocycles. The van der Waals surface area contributed by atoms with Gasteiger partial charge in [0.05, 0.1) is 12.1 Å². The topological polar surface area (TPSA) is 49.8 Å². The molecule has 1 saturated heterocycles. The third kappa shape index (κ3) is 5.33. The van der Waals surface area contributed by atoms with Gasteiger partial charge in [-0.25, -0.2) is 4.98 Å². The summed E-state index contributed by atoms with van der Waals surface area (Å²) in [6.45, 7) is 5.00. The van der Waals surface area contributed by atoms with E-state index in [1.807, 2.05) is 25.4 Å². The molecule has 1 unspecified atom stereocenters. The fourth-order valence-electron chi connectivity index (χ4n) is 3.23. The highest BCUT2D eigenvalue weighted by Gasteiger charge is 2.25. The van der Waals surface area contributed by atoms with Crippen molar-refractivity contribution in [3.05, 3.63) is 45.9 Å².